The number of carbonyl (C=O) groups is 2. The first-order chi connectivity index (χ1) is 14.1. The minimum atomic E-state index is -1.00. The molecule has 6 heteroatoms. The van der Waals surface area contributed by atoms with Crippen LogP contribution in [-0.2, 0) is 4.79 Å². The second-order valence-electron chi connectivity index (χ2n) is 7.29. The molecule has 0 radical (unpaired) electrons. The molecule has 148 valence electrons. The number of carboxylic acids is 1. The first kappa shape index (κ1) is 18.9. The summed E-state index contributed by atoms with van der Waals surface area (Å²) >= 11 is 0. The Hall–Kier alpha value is -3.41. The fourth-order valence-electron chi connectivity index (χ4n) is 3.94. The van der Waals surface area contributed by atoms with E-state index in [-0.39, 0.29) is 24.2 Å². The first-order valence-electron chi connectivity index (χ1n) is 9.86. The van der Waals surface area contributed by atoms with Crippen LogP contribution in [0.2, 0.25) is 0 Å². The van der Waals surface area contributed by atoms with Crippen molar-refractivity contribution in [2.45, 2.75) is 31.7 Å². The van der Waals surface area contributed by atoms with Gasteiger partial charge in [0, 0.05) is 23.5 Å². The summed E-state index contributed by atoms with van der Waals surface area (Å²) in [5, 5.41) is 9.34. The van der Waals surface area contributed by atoms with E-state index in [1.54, 1.807) is 6.20 Å². The predicted molar refractivity (Wildman–Crippen MR) is 110 cm³/mol. The third-order valence-corrected chi connectivity index (χ3v) is 5.32. The lowest BCUT2D eigenvalue weighted by Gasteiger charge is -2.26. The number of nitrogens with zero attached hydrogens (tertiary/aromatic N) is 3. The van der Waals surface area contributed by atoms with Gasteiger partial charge in [-0.2, -0.15) is 0 Å². The Bertz CT molecular complexity index is 936. The van der Waals surface area contributed by atoms with Crippen LogP contribution in [0.25, 0.3) is 17.1 Å². The Morgan fingerprint density at radius 1 is 1.00 bits per heavy atom. The van der Waals surface area contributed by atoms with Crippen molar-refractivity contribution in [3.63, 3.8) is 0 Å². The lowest BCUT2D eigenvalue weighted by molar-refractivity contribution is -0.138. The van der Waals surface area contributed by atoms with Gasteiger partial charge in [-0.1, -0.05) is 61.4 Å². The van der Waals surface area contributed by atoms with Crippen molar-refractivity contribution in [2.75, 3.05) is 6.54 Å². The fourth-order valence-corrected chi connectivity index (χ4v) is 3.94. The van der Waals surface area contributed by atoms with Crippen molar-refractivity contribution < 1.29 is 14.7 Å². The van der Waals surface area contributed by atoms with Gasteiger partial charge in [-0.05, 0) is 25.0 Å². The number of hydrogen-bond acceptors (Lipinski definition) is 3. The van der Waals surface area contributed by atoms with Crippen molar-refractivity contribution >= 4 is 11.9 Å². The molecule has 1 aliphatic carbocycles. The largest absolute Gasteiger partial charge is 0.480 e. The van der Waals surface area contributed by atoms with Crippen LogP contribution < -0.4 is 0 Å². The van der Waals surface area contributed by atoms with Gasteiger partial charge < -0.3 is 10.0 Å². The highest BCUT2D eigenvalue weighted by molar-refractivity contribution is 5.95. The van der Waals surface area contributed by atoms with Gasteiger partial charge in [-0.25, -0.2) is 4.98 Å². The summed E-state index contributed by atoms with van der Waals surface area (Å²) in [5.74, 6) is -0.677. The number of para-hydroxylation sites is 1. The quantitative estimate of drug-likeness (QED) is 0.691. The minimum Gasteiger partial charge on any atom is -0.480 e. The molecule has 1 aromatic heterocycles. The summed E-state index contributed by atoms with van der Waals surface area (Å²) in [5.41, 5.74) is 2.05. The summed E-state index contributed by atoms with van der Waals surface area (Å²) in [6.07, 6.45) is 5.42. The van der Waals surface area contributed by atoms with Gasteiger partial charge in [-0.15, -0.1) is 0 Å². The Balaban J connectivity index is 1.76. The molecule has 0 atom stereocenters. The van der Waals surface area contributed by atoms with Gasteiger partial charge in [0.05, 0.1) is 0 Å². The summed E-state index contributed by atoms with van der Waals surface area (Å²) in [6, 6.07) is 19.3. The number of amides is 1. The summed E-state index contributed by atoms with van der Waals surface area (Å²) in [4.78, 5) is 30.8. The zero-order valence-electron chi connectivity index (χ0n) is 16.1. The normalized spacial score (nSPS) is 14.1. The third kappa shape index (κ3) is 4.06. The summed E-state index contributed by atoms with van der Waals surface area (Å²) in [7, 11) is 0. The Labute approximate surface area is 169 Å². The van der Waals surface area contributed by atoms with Crippen LogP contribution in [0.3, 0.4) is 0 Å². The molecule has 6 nitrogen and oxygen atoms in total. The SMILES string of the molecule is O=C(O)CN(C(=O)c1cn(-c2ccccc2)c(-c2ccccc2)n1)C1CCCC1. The Morgan fingerprint density at radius 2 is 1.62 bits per heavy atom. The molecule has 0 bridgehead atoms. The van der Waals surface area contributed by atoms with Crippen molar-refractivity contribution in [1.29, 1.82) is 0 Å². The molecular weight excluding hydrogens is 366 g/mol. The predicted octanol–water partition coefficient (Wildman–Crippen LogP) is 4.01. The molecular formula is C23H23N3O3. The lowest BCUT2D eigenvalue weighted by atomic mass is 10.2. The van der Waals surface area contributed by atoms with Gasteiger partial charge in [-0.3, -0.25) is 14.2 Å². The molecule has 0 saturated heterocycles. The van der Waals surface area contributed by atoms with Crippen molar-refractivity contribution in [3.05, 3.63) is 72.6 Å². The zero-order valence-corrected chi connectivity index (χ0v) is 16.1. The molecule has 4 rings (SSSR count). The summed E-state index contributed by atoms with van der Waals surface area (Å²) < 4.78 is 1.89. The van der Waals surface area contributed by atoms with Crippen LogP contribution in [0.4, 0.5) is 0 Å². The summed E-state index contributed by atoms with van der Waals surface area (Å²) in [6.45, 7) is -0.303. The van der Waals surface area contributed by atoms with Gasteiger partial charge in [0.1, 0.15) is 18.1 Å². The van der Waals surface area contributed by atoms with E-state index >= 15 is 0 Å². The van der Waals surface area contributed by atoms with Gasteiger partial charge in [0.2, 0.25) is 0 Å². The number of hydrogen-bond donors (Lipinski definition) is 1. The van der Waals surface area contributed by atoms with E-state index in [2.05, 4.69) is 4.98 Å². The topological polar surface area (TPSA) is 75.4 Å². The van der Waals surface area contributed by atoms with E-state index in [9.17, 15) is 14.7 Å². The molecule has 2 aromatic carbocycles. The van der Waals surface area contributed by atoms with Crippen LogP contribution in [0.5, 0.6) is 0 Å². The molecule has 0 aliphatic heterocycles. The zero-order chi connectivity index (χ0) is 20.2. The number of aromatic nitrogens is 2. The molecule has 0 unspecified atom stereocenters. The average molecular weight is 389 g/mol. The van der Waals surface area contributed by atoms with Crippen LogP contribution in [0.1, 0.15) is 36.2 Å². The molecule has 1 amide bonds. The molecule has 29 heavy (non-hydrogen) atoms. The van der Waals surface area contributed by atoms with Gasteiger partial charge in [0.15, 0.2) is 0 Å². The molecule has 1 fully saturated rings. The van der Waals surface area contributed by atoms with Crippen molar-refractivity contribution in [3.8, 4) is 17.1 Å². The third-order valence-electron chi connectivity index (χ3n) is 5.32. The van der Waals surface area contributed by atoms with Crippen LogP contribution >= 0.6 is 0 Å². The highest BCUT2D eigenvalue weighted by atomic mass is 16.4. The van der Waals surface area contributed by atoms with E-state index in [1.165, 1.54) is 4.90 Å². The second kappa shape index (κ2) is 8.31. The molecule has 1 aliphatic rings. The van der Waals surface area contributed by atoms with E-state index < -0.39 is 5.97 Å². The number of carboxylic acid groups (broad SMARTS) is 1. The fraction of sp³-hybridized carbons (Fsp3) is 0.261. The highest BCUT2D eigenvalue weighted by Gasteiger charge is 2.31. The number of imidazole rings is 1. The first-order valence-corrected chi connectivity index (χ1v) is 9.86. The Morgan fingerprint density at radius 3 is 2.24 bits per heavy atom. The maximum atomic E-state index is 13.3. The number of rotatable bonds is 6. The van der Waals surface area contributed by atoms with Crippen LogP contribution in [-0.4, -0.2) is 44.0 Å². The Kier molecular flexibility index (Phi) is 5.42. The highest BCUT2D eigenvalue weighted by Crippen LogP contribution is 2.27. The van der Waals surface area contributed by atoms with E-state index in [4.69, 9.17) is 0 Å². The maximum Gasteiger partial charge on any atom is 0.323 e. The van der Waals surface area contributed by atoms with E-state index in [1.807, 2.05) is 65.2 Å². The van der Waals surface area contributed by atoms with Crippen LogP contribution in [0.15, 0.2) is 66.9 Å². The lowest BCUT2D eigenvalue weighted by Crippen LogP contribution is -2.42. The number of aliphatic carboxylic acids is 1. The van der Waals surface area contributed by atoms with Gasteiger partial charge >= 0.3 is 5.97 Å². The second-order valence-corrected chi connectivity index (χ2v) is 7.29. The standard InChI is InChI=1S/C23H23N3O3/c27-21(28)16-26(19-13-7-8-14-19)23(29)20-15-25(18-11-5-2-6-12-18)22(24-20)17-9-3-1-4-10-17/h1-6,9-12,15,19H,7-8,13-14,16H2,(H,27,28). The molecule has 3 aromatic rings. The monoisotopic (exact) mass is 389 g/mol. The maximum absolute atomic E-state index is 13.3. The number of benzene rings is 2. The molecule has 1 heterocycles. The van der Waals surface area contributed by atoms with E-state index in [0.717, 1.165) is 36.9 Å². The molecule has 1 saturated carbocycles. The van der Waals surface area contributed by atoms with Crippen molar-refractivity contribution in [1.82, 2.24) is 14.5 Å². The van der Waals surface area contributed by atoms with Crippen LogP contribution in [0, 0.1) is 0 Å². The van der Waals surface area contributed by atoms with E-state index in [0.29, 0.717) is 5.82 Å². The van der Waals surface area contributed by atoms with Gasteiger partial charge in [0.25, 0.3) is 5.91 Å². The smallest absolute Gasteiger partial charge is 0.323 e. The average Bonchev–Trinajstić information content (AvgIpc) is 3.43. The minimum absolute atomic E-state index is 0.0411. The molecule has 1 N–H and O–H groups in total. The number of carbonyl (C=O) groups excluding carboxylic acids is 1. The van der Waals surface area contributed by atoms with Crippen molar-refractivity contribution in [2.24, 2.45) is 0 Å². The molecule has 0 spiro atoms.